The van der Waals surface area contributed by atoms with Gasteiger partial charge >= 0.3 is 39.1 Å². The standard InChI is InChI=1S/C18H45O7Si8/c1-15-32(14,18(7,8)9)25-33(23-30(10,11)16(2)3,22-29-21-28-20-27-19-26)24-31(12,13)17(4,5)6/h16H,15H2,1-14H3. The molecule has 0 aliphatic rings. The molecule has 7 nitrogen and oxygen atoms in total. The Morgan fingerprint density at radius 3 is 1.67 bits per heavy atom. The summed E-state index contributed by atoms with van der Waals surface area (Å²) in [7, 11) is -8.14. The summed E-state index contributed by atoms with van der Waals surface area (Å²) in [6.45, 7) is 31.1. The summed E-state index contributed by atoms with van der Waals surface area (Å²) in [6.07, 6.45) is 0. The highest BCUT2D eigenvalue weighted by molar-refractivity contribution is 6.91. The first-order valence-electron chi connectivity index (χ1n) is 11.4. The molecule has 0 N–H and O–H groups in total. The van der Waals surface area contributed by atoms with Crippen molar-refractivity contribution in [3.63, 3.8) is 0 Å². The van der Waals surface area contributed by atoms with E-state index in [0.717, 1.165) is 6.04 Å². The second-order valence-corrected chi connectivity index (χ2v) is 32.6. The summed E-state index contributed by atoms with van der Waals surface area (Å²) in [5.41, 5.74) is 0.371. The molecule has 0 rings (SSSR count). The fourth-order valence-corrected chi connectivity index (χ4v) is 20.1. The average molecular weight is 598 g/mol. The molecule has 0 amide bonds. The van der Waals surface area contributed by atoms with Gasteiger partial charge in [-0.2, -0.15) is 0 Å². The highest BCUT2D eigenvalue weighted by Gasteiger charge is 2.60. The molecule has 0 aromatic carbocycles. The lowest BCUT2D eigenvalue weighted by Gasteiger charge is -2.50. The van der Waals surface area contributed by atoms with Gasteiger partial charge in [0.2, 0.25) is 10.5 Å². The van der Waals surface area contributed by atoms with E-state index in [9.17, 15) is 0 Å². The molecule has 0 saturated carbocycles. The van der Waals surface area contributed by atoms with Crippen LogP contribution in [0.3, 0.4) is 0 Å². The fraction of sp³-hybridized carbons (Fsp3) is 1.00. The second kappa shape index (κ2) is 13.3. The van der Waals surface area contributed by atoms with Crippen LogP contribution >= 0.6 is 0 Å². The zero-order valence-corrected chi connectivity index (χ0v) is 31.1. The quantitative estimate of drug-likeness (QED) is 0.189. The van der Waals surface area contributed by atoms with E-state index in [1.807, 2.05) is 0 Å². The Morgan fingerprint density at radius 1 is 0.758 bits per heavy atom. The van der Waals surface area contributed by atoms with E-state index in [1.165, 1.54) is 0 Å². The minimum absolute atomic E-state index is 0.0178. The van der Waals surface area contributed by atoms with E-state index in [4.69, 9.17) is 28.8 Å². The van der Waals surface area contributed by atoms with Gasteiger partial charge < -0.3 is 28.8 Å². The van der Waals surface area contributed by atoms with Crippen LogP contribution in [-0.4, -0.2) is 74.5 Å². The summed E-state index contributed by atoms with van der Waals surface area (Å²) in [6, 6.07) is 0.931. The van der Waals surface area contributed by atoms with Crippen molar-refractivity contribution in [3.8, 4) is 0 Å². The van der Waals surface area contributed by atoms with Gasteiger partial charge in [-0.1, -0.05) is 62.3 Å². The van der Waals surface area contributed by atoms with E-state index >= 15 is 0 Å². The third kappa shape index (κ3) is 10.8. The zero-order chi connectivity index (χ0) is 26.4. The van der Waals surface area contributed by atoms with E-state index in [2.05, 4.69) is 106 Å². The maximum atomic E-state index is 7.12. The van der Waals surface area contributed by atoms with Crippen LogP contribution < -0.4 is 0 Å². The predicted octanol–water partition coefficient (Wildman–Crippen LogP) is 5.24. The normalized spacial score (nSPS) is 17.8. The van der Waals surface area contributed by atoms with Crippen molar-refractivity contribution >= 4 is 74.5 Å². The minimum Gasteiger partial charge on any atom is -0.435 e. The maximum Gasteiger partial charge on any atom is 0.638 e. The van der Waals surface area contributed by atoms with Crippen LogP contribution in [0, 0.1) is 0 Å². The molecular formula is C18H45O7Si8. The Kier molecular flexibility index (Phi) is 13.9. The molecule has 9 radical (unpaired) electrons. The molecule has 0 aliphatic carbocycles. The van der Waals surface area contributed by atoms with Gasteiger partial charge in [0.05, 0.1) is 0 Å². The van der Waals surface area contributed by atoms with Gasteiger partial charge in [-0.3, -0.25) is 0 Å². The van der Waals surface area contributed by atoms with Crippen LogP contribution in [0.15, 0.2) is 0 Å². The molecule has 0 heterocycles. The van der Waals surface area contributed by atoms with Crippen LogP contribution in [0.1, 0.15) is 62.3 Å². The fourth-order valence-electron chi connectivity index (χ4n) is 2.21. The van der Waals surface area contributed by atoms with Crippen molar-refractivity contribution in [2.24, 2.45) is 0 Å². The van der Waals surface area contributed by atoms with E-state index in [-0.39, 0.29) is 40.1 Å². The lowest BCUT2D eigenvalue weighted by molar-refractivity contribution is 0.134. The van der Waals surface area contributed by atoms with Gasteiger partial charge in [0.25, 0.3) is 0 Å². The van der Waals surface area contributed by atoms with Gasteiger partial charge in [-0.15, -0.1) is 0 Å². The van der Waals surface area contributed by atoms with E-state index in [0.29, 0.717) is 5.54 Å². The Balaban J connectivity index is 6.38. The first-order valence-corrected chi connectivity index (χ1v) is 24.4. The molecule has 0 aromatic heterocycles. The van der Waals surface area contributed by atoms with Gasteiger partial charge in [0.15, 0.2) is 25.0 Å². The summed E-state index contributed by atoms with van der Waals surface area (Å²) < 4.78 is 43.3. The lowest BCUT2D eigenvalue weighted by atomic mass is 10.2. The topological polar surface area (TPSA) is 64.6 Å². The molecule has 33 heavy (non-hydrogen) atoms. The van der Waals surface area contributed by atoms with Crippen molar-refractivity contribution in [1.29, 1.82) is 0 Å². The average Bonchev–Trinajstić information content (AvgIpc) is 2.61. The molecule has 0 bridgehead atoms. The van der Waals surface area contributed by atoms with Crippen LogP contribution in [0.25, 0.3) is 0 Å². The summed E-state index contributed by atoms with van der Waals surface area (Å²) in [5, 5.41) is -0.0459. The van der Waals surface area contributed by atoms with Crippen molar-refractivity contribution in [3.05, 3.63) is 0 Å². The van der Waals surface area contributed by atoms with Crippen LogP contribution in [0.5, 0.6) is 0 Å². The van der Waals surface area contributed by atoms with Gasteiger partial charge in [-0.05, 0) is 54.4 Å². The van der Waals surface area contributed by atoms with Gasteiger partial charge in [-0.25, -0.2) is 0 Å². The Hall–Kier alpha value is 1.46. The smallest absolute Gasteiger partial charge is 0.435 e. The molecule has 0 aromatic rings. The summed E-state index contributed by atoms with van der Waals surface area (Å²) >= 11 is 0. The Labute approximate surface area is 219 Å². The van der Waals surface area contributed by atoms with E-state index in [1.54, 1.807) is 0 Å². The third-order valence-electron chi connectivity index (χ3n) is 6.95. The number of rotatable bonds is 15. The molecule has 2 unspecified atom stereocenters. The van der Waals surface area contributed by atoms with Crippen molar-refractivity contribution in [1.82, 2.24) is 0 Å². The van der Waals surface area contributed by atoms with Crippen LogP contribution in [0.4, 0.5) is 0 Å². The minimum atomic E-state index is -3.59. The highest BCUT2D eigenvalue weighted by Crippen LogP contribution is 2.45. The number of hydrogen-bond donors (Lipinski definition) is 0. The zero-order valence-electron chi connectivity index (χ0n) is 23.1. The summed E-state index contributed by atoms with van der Waals surface area (Å²) in [4.78, 5) is 0. The second-order valence-electron chi connectivity index (χ2n) is 11.8. The molecule has 2 atom stereocenters. The van der Waals surface area contributed by atoms with Gasteiger partial charge in [0, 0.05) is 0 Å². The molecule has 15 heteroatoms. The van der Waals surface area contributed by atoms with Gasteiger partial charge in [0.1, 0.15) is 0 Å². The van der Waals surface area contributed by atoms with E-state index < -0.39 is 34.0 Å². The predicted molar refractivity (Wildman–Crippen MR) is 148 cm³/mol. The summed E-state index contributed by atoms with van der Waals surface area (Å²) in [5.74, 6) is 0. The first-order chi connectivity index (χ1) is 14.7. The molecule has 0 fully saturated rings. The molecule has 0 saturated heterocycles. The molecule has 191 valence electrons. The first kappa shape index (κ1) is 34.5. The molecule has 0 aliphatic heterocycles. The molecule has 0 spiro atoms. The maximum absolute atomic E-state index is 7.12. The Bertz CT molecular complexity index is 583. The Morgan fingerprint density at radius 2 is 1.27 bits per heavy atom. The monoisotopic (exact) mass is 597 g/mol. The van der Waals surface area contributed by atoms with Crippen molar-refractivity contribution in [2.45, 2.75) is 117 Å². The van der Waals surface area contributed by atoms with Crippen LogP contribution in [0.2, 0.25) is 54.4 Å². The van der Waals surface area contributed by atoms with Crippen molar-refractivity contribution in [2.75, 3.05) is 0 Å². The SMILES string of the molecule is CC[Si](C)(O[Si](O[Si]O[Si]O[Si]O[Si])(O[Si](C)(C)C(C)C)O[Si](C)(C)C(C)(C)C)C(C)(C)C. The van der Waals surface area contributed by atoms with Crippen molar-refractivity contribution < 1.29 is 28.8 Å². The highest BCUT2D eigenvalue weighted by atomic mass is 28.5. The lowest BCUT2D eigenvalue weighted by Crippen LogP contribution is -2.67. The van der Waals surface area contributed by atoms with Crippen LogP contribution in [-0.2, 0) is 28.8 Å². The third-order valence-corrected chi connectivity index (χ3v) is 29.8. The largest absolute Gasteiger partial charge is 0.638 e. The number of hydrogen-bond acceptors (Lipinski definition) is 7. The molecular weight excluding hydrogens is 553 g/mol.